The summed E-state index contributed by atoms with van der Waals surface area (Å²) in [6.07, 6.45) is 0.881. The van der Waals surface area contributed by atoms with Gasteiger partial charge in [0.1, 0.15) is 5.82 Å². The van der Waals surface area contributed by atoms with Gasteiger partial charge < -0.3 is 15.2 Å². The Morgan fingerprint density at radius 1 is 1.12 bits per heavy atom. The molecule has 2 N–H and O–H groups in total. The average molecular weight is 348 g/mol. The molecule has 0 saturated heterocycles. The van der Waals surface area contributed by atoms with E-state index in [1.807, 2.05) is 28.8 Å². The van der Waals surface area contributed by atoms with E-state index in [-0.39, 0.29) is 5.78 Å². The van der Waals surface area contributed by atoms with E-state index in [0.29, 0.717) is 36.6 Å². The lowest BCUT2D eigenvalue weighted by molar-refractivity contribution is -0.128. The van der Waals surface area contributed by atoms with Crippen LogP contribution in [0.5, 0.6) is 0 Å². The van der Waals surface area contributed by atoms with E-state index in [2.05, 4.69) is 15.6 Å². The Kier molecular flexibility index (Phi) is 3.96. The zero-order chi connectivity index (χ0) is 18.1. The zero-order valence-electron chi connectivity index (χ0n) is 13.8. The van der Waals surface area contributed by atoms with Crippen molar-refractivity contribution in [1.29, 1.82) is 0 Å². The largest absolute Gasteiger partial charge is 0.329 e. The van der Waals surface area contributed by atoms with Gasteiger partial charge in [0.05, 0.1) is 11.0 Å². The predicted molar refractivity (Wildman–Crippen MR) is 96.9 cm³/mol. The molecule has 4 rings (SSSR count). The lowest BCUT2D eigenvalue weighted by Gasteiger charge is -2.22. The molecule has 0 saturated carbocycles. The summed E-state index contributed by atoms with van der Waals surface area (Å²) in [6.45, 7) is 0.532. The molecule has 7 nitrogen and oxygen atoms in total. The molecule has 1 aliphatic heterocycles. The highest BCUT2D eigenvalue weighted by Gasteiger charge is 2.36. The number of rotatable bonds is 4. The second-order valence-corrected chi connectivity index (χ2v) is 6.09. The van der Waals surface area contributed by atoms with Crippen molar-refractivity contribution >= 4 is 40.5 Å². The molecule has 1 unspecified atom stereocenters. The van der Waals surface area contributed by atoms with Crippen LogP contribution in [-0.4, -0.2) is 27.7 Å². The number of imidazole rings is 1. The van der Waals surface area contributed by atoms with E-state index < -0.39 is 11.8 Å². The summed E-state index contributed by atoms with van der Waals surface area (Å²) in [7, 11) is 0. The molecule has 0 radical (unpaired) electrons. The third-order valence-corrected chi connectivity index (χ3v) is 4.49. The maximum absolute atomic E-state index is 12.8. The van der Waals surface area contributed by atoms with Gasteiger partial charge in [-0.2, -0.15) is 0 Å². The lowest BCUT2D eigenvalue weighted by atomic mass is 9.96. The maximum atomic E-state index is 12.8. The summed E-state index contributed by atoms with van der Waals surface area (Å²) in [5.41, 5.74) is 2.87. The SMILES string of the molecule is O=CNc1ccc(NC(=O)C2C(=O)CCn3c2nc2ccccc23)cc1. The molecule has 2 heterocycles. The molecule has 0 fully saturated rings. The van der Waals surface area contributed by atoms with Gasteiger partial charge in [-0.1, -0.05) is 12.1 Å². The van der Waals surface area contributed by atoms with Crippen molar-refractivity contribution in [3.05, 3.63) is 54.4 Å². The van der Waals surface area contributed by atoms with Gasteiger partial charge in [-0.3, -0.25) is 14.4 Å². The molecule has 26 heavy (non-hydrogen) atoms. The first-order valence-corrected chi connectivity index (χ1v) is 8.26. The van der Waals surface area contributed by atoms with Crippen molar-refractivity contribution in [3.8, 4) is 0 Å². The standard InChI is InChI=1S/C19H16N4O3/c24-11-20-12-5-7-13(8-6-12)21-19(26)17-16(25)9-10-23-15-4-2-1-3-14(15)22-18(17)23/h1-8,11,17H,9-10H2,(H,20,24)(H,21,26). The van der Waals surface area contributed by atoms with Crippen LogP contribution < -0.4 is 10.6 Å². The van der Waals surface area contributed by atoms with Gasteiger partial charge in [-0.25, -0.2) is 4.98 Å². The molecule has 130 valence electrons. The van der Waals surface area contributed by atoms with Gasteiger partial charge in [0.2, 0.25) is 12.3 Å². The molecule has 0 aliphatic carbocycles. The highest BCUT2D eigenvalue weighted by Crippen LogP contribution is 2.29. The fraction of sp³-hybridized carbons (Fsp3) is 0.158. The molecule has 0 bridgehead atoms. The number of aromatic nitrogens is 2. The maximum Gasteiger partial charge on any atom is 0.242 e. The minimum absolute atomic E-state index is 0.135. The van der Waals surface area contributed by atoms with Gasteiger partial charge >= 0.3 is 0 Å². The van der Waals surface area contributed by atoms with Crippen LogP contribution >= 0.6 is 0 Å². The van der Waals surface area contributed by atoms with Crippen molar-refractivity contribution in [2.24, 2.45) is 0 Å². The van der Waals surface area contributed by atoms with Gasteiger partial charge in [-0.05, 0) is 36.4 Å². The number of nitrogens with one attached hydrogen (secondary N) is 2. The first kappa shape index (κ1) is 16.0. The number of fused-ring (bicyclic) bond motifs is 3. The van der Waals surface area contributed by atoms with Gasteiger partial charge in [-0.15, -0.1) is 0 Å². The van der Waals surface area contributed by atoms with Crippen LogP contribution in [0.4, 0.5) is 11.4 Å². The van der Waals surface area contributed by atoms with Crippen LogP contribution in [0.15, 0.2) is 48.5 Å². The predicted octanol–water partition coefficient (Wildman–Crippen LogP) is 2.30. The van der Waals surface area contributed by atoms with Crippen molar-refractivity contribution in [3.63, 3.8) is 0 Å². The van der Waals surface area contributed by atoms with Crippen LogP contribution in [0.2, 0.25) is 0 Å². The molecule has 1 aliphatic rings. The third kappa shape index (κ3) is 2.73. The molecule has 1 atom stereocenters. The average Bonchev–Trinajstić information content (AvgIpc) is 3.01. The first-order valence-electron chi connectivity index (χ1n) is 8.26. The summed E-state index contributed by atoms with van der Waals surface area (Å²) >= 11 is 0. The molecule has 0 spiro atoms. The van der Waals surface area contributed by atoms with Gasteiger partial charge in [0, 0.05) is 24.3 Å². The van der Waals surface area contributed by atoms with Crippen LogP contribution in [0.25, 0.3) is 11.0 Å². The fourth-order valence-corrected chi connectivity index (χ4v) is 3.26. The third-order valence-electron chi connectivity index (χ3n) is 4.49. The Bertz CT molecular complexity index is 1010. The molecule has 2 amide bonds. The number of Topliss-reactive ketones (excluding diaryl/α,β-unsaturated/α-hetero) is 1. The quantitative estimate of drug-likeness (QED) is 0.559. The van der Waals surface area contributed by atoms with E-state index in [1.165, 1.54) is 0 Å². The molecule has 7 heteroatoms. The number of para-hydroxylation sites is 2. The van der Waals surface area contributed by atoms with Crippen LogP contribution in [0.3, 0.4) is 0 Å². The Hall–Kier alpha value is -3.48. The number of aryl methyl sites for hydroxylation is 1. The van der Waals surface area contributed by atoms with Gasteiger partial charge in [0.15, 0.2) is 11.7 Å². The minimum atomic E-state index is -0.927. The number of benzene rings is 2. The van der Waals surface area contributed by atoms with Crippen molar-refractivity contribution in [1.82, 2.24) is 9.55 Å². The summed E-state index contributed by atoms with van der Waals surface area (Å²) in [6, 6.07) is 14.3. The minimum Gasteiger partial charge on any atom is -0.329 e. The first-order chi connectivity index (χ1) is 12.7. The number of hydrogen-bond donors (Lipinski definition) is 2. The topological polar surface area (TPSA) is 93.1 Å². The second-order valence-electron chi connectivity index (χ2n) is 6.09. The number of nitrogens with zero attached hydrogens (tertiary/aromatic N) is 2. The molecule has 3 aromatic rings. The summed E-state index contributed by atoms with van der Waals surface area (Å²) in [4.78, 5) is 40.2. The summed E-state index contributed by atoms with van der Waals surface area (Å²) in [5, 5.41) is 5.29. The molecular formula is C19H16N4O3. The highest BCUT2D eigenvalue weighted by atomic mass is 16.2. The number of anilines is 2. The number of amides is 2. The van der Waals surface area contributed by atoms with E-state index in [0.717, 1.165) is 11.0 Å². The summed E-state index contributed by atoms with van der Waals surface area (Å²) < 4.78 is 1.94. The molecule has 1 aromatic heterocycles. The Balaban J connectivity index is 1.63. The normalized spacial score (nSPS) is 16.2. The Morgan fingerprint density at radius 3 is 2.62 bits per heavy atom. The van der Waals surface area contributed by atoms with Crippen molar-refractivity contribution in [2.75, 3.05) is 10.6 Å². The second kappa shape index (κ2) is 6.44. The number of ketones is 1. The molecular weight excluding hydrogens is 332 g/mol. The smallest absolute Gasteiger partial charge is 0.242 e. The van der Waals surface area contributed by atoms with E-state index in [9.17, 15) is 14.4 Å². The number of hydrogen-bond acceptors (Lipinski definition) is 4. The highest BCUT2D eigenvalue weighted by molar-refractivity contribution is 6.12. The van der Waals surface area contributed by atoms with E-state index in [1.54, 1.807) is 24.3 Å². The lowest BCUT2D eigenvalue weighted by Crippen LogP contribution is -2.34. The van der Waals surface area contributed by atoms with Crippen molar-refractivity contribution in [2.45, 2.75) is 18.9 Å². The van der Waals surface area contributed by atoms with Crippen molar-refractivity contribution < 1.29 is 14.4 Å². The Morgan fingerprint density at radius 2 is 1.85 bits per heavy atom. The van der Waals surface area contributed by atoms with E-state index >= 15 is 0 Å². The van der Waals surface area contributed by atoms with Gasteiger partial charge in [0.25, 0.3) is 0 Å². The van der Waals surface area contributed by atoms with Crippen LogP contribution in [-0.2, 0) is 20.9 Å². The van der Waals surface area contributed by atoms with Crippen LogP contribution in [0.1, 0.15) is 18.2 Å². The molecule has 2 aromatic carbocycles. The fourth-order valence-electron chi connectivity index (χ4n) is 3.26. The monoisotopic (exact) mass is 348 g/mol. The number of carbonyl (C=O) groups excluding carboxylic acids is 3. The van der Waals surface area contributed by atoms with E-state index in [4.69, 9.17) is 0 Å². The number of carbonyl (C=O) groups is 3. The summed E-state index contributed by atoms with van der Waals surface area (Å²) in [5.74, 6) is -0.977. The zero-order valence-corrected chi connectivity index (χ0v) is 13.8. The van der Waals surface area contributed by atoms with Crippen LogP contribution in [0, 0.1) is 0 Å². The Labute approximate surface area is 149 Å².